The maximum atomic E-state index is 15.4. The number of aromatic nitrogens is 1. The molecule has 3 aromatic rings. The second-order valence-corrected chi connectivity index (χ2v) is 16.2. The van der Waals surface area contributed by atoms with E-state index in [2.05, 4.69) is 15.6 Å². The highest BCUT2D eigenvalue weighted by molar-refractivity contribution is 7.13. The minimum Gasteiger partial charge on any atom is -0.490 e. The van der Waals surface area contributed by atoms with E-state index in [0.29, 0.717) is 18.4 Å². The lowest BCUT2D eigenvalue weighted by Gasteiger charge is -2.35. The number of carbonyl (C=O) groups excluding carboxylic acids is 4. The molecule has 1 aromatic heterocycles. The molecule has 4 rings (SSSR count). The Kier molecular flexibility index (Phi) is 14.1. The van der Waals surface area contributed by atoms with Gasteiger partial charge in [-0.25, -0.2) is 9.37 Å². The van der Waals surface area contributed by atoms with Crippen LogP contribution in [0.3, 0.4) is 0 Å². The molecule has 0 unspecified atom stereocenters. The molecule has 0 radical (unpaired) electrons. The van der Waals surface area contributed by atoms with Gasteiger partial charge in [-0.1, -0.05) is 58.0 Å². The first-order chi connectivity index (χ1) is 24.9. The molecular weight excluding hydrogens is 698 g/mol. The first kappa shape index (κ1) is 41.4. The Morgan fingerprint density at radius 2 is 1.79 bits per heavy atom. The van der Waals surface area contributed by atoms with Gasteiger partial charge in [0.25, 0.3) is 0 Å². The summed E-state index contributed by atoms with van der Waals surface area (Å²) in [5, 5.41) is 16.5. The minimum absolute atomic E-state index is 0.00711. The fourth-order valence-corrected chi connectivity index (χ4v) is 7.30. The van der Waals surface area contributed by atoms with Crippen LogP contribution in [0.25, 0.3) is 10.4 Å². The summed E-state index contributed by atoms with van der Waals surface area (Å²) >= 11 is 1.57. The second kappa shape index (κ2) is 18.1. The zero-order chi connectivity index (χ0) is 39.0. The molecule has 2 aromatic carbocycles. The van der Waals surface area contributed by atoms with E-state index in [9.17, 15) is 24.3 Å². The highest BCUT2D eigenvalue weighted by Crippen LogP contribution is 2.30. The minimum atomic E-state index is -0.969. The number of β-amino-alcohol motifs (C(OH)–C–C–N with tert-alkyl or cyclic N) is 1. The van der Waals surface area contributed by atoms with Crippen molar-refractivity contribution in [3.63, 3.8) is 0 Å². The molecule has 288 valence electrons. The molecule has 1 aliphatic rings. The third kappa shape index (κ3) is 11.3. The second-order valence-electron chi connectivity index (χ2n) is 15.4. The Labute approximate surface area is 315 Å². The summed E-state index contributed by atoms with van der Waals surface area (Å²) in [7, 11) is 0. The normalized spacial score (nSPS) is 17.6. The summed E-state index contributed by atoms with van der Waals surface area (Å²) in [4.78, 5) is 58.8. The first-order valence-corrected chi connectivity index (χ1v) is 19.1. The van der Waals surface area contributed by atoms with Gasteiger partial charge >= 0.3 is 0 Å². The van der Waals surface area contributed by atoms with Gasteiger partial charge in [0.15, 0.2) is 11.6 Å². The molecule has 0 bridgehead atoms. The van der Waals surface area contributed by atoms with E-state index < -0.39 is 41.2 Å². The van der Waals surface area contributed by atoms with Gasteiger partial charge in [-0.2, -0.15) is 0 Å². The number of primary amides is 1. The number of likely N-dealkylation sites (tertiary alicyclic amines) is 1. The summed E-state index contributed by atoms with van der Waals surface area (Å²) in [5.74, 6) is -1.96. The molecule has 0 spiro atoms. The number of aliphatic hydroxyl groups is 1. The number of nitrogens with two attached hydrogens (primary N) is 1. The van der Waals surface area contributed by atoms with Crippen LogP contribution < -0.4 is 21.1 Å². The molecule has 53 heavy (non-hydrogen) atoms. The number of thiazole rings is 1. The number of hydrogen-bond donors (Lipinski definition) is 4. The molecule has 5 atom stereocenters. The lowest BCUT2D eigenvalue weighted by Crippen LogP contribution is -2.57. The van der Waals surface area contributed by atoms with Gasteiger partial charge in [0, 0.05) is 25.8 Å². The van der Waals surface area contributed by atoms with Crippen molar-refractivity contribution < 1.29 is 33.4 Å². The molecule has 1 aliphatic heterocycles. The van der Waals surface area contributed by atoms with Crippen LogP contribution in [-0.4, -0.2) is 70.0 Å². The molecule has 0 aliphatic carbocycles. The molecule has 1 saturated heterocycles. The van der Waals surface area contributed by atoms with E-state index in [-0.39, 0.29) is 68.4 Å². The summed E-state index contributed by atoms with van der Waals surface area (Å²) in [6, 6.07) is 9.00. The van der Waals surface area contributed by atoms with Crippen LogP contribution in [0.5, 0.6) is 5.75 Å². The molecule has 5 N–H and O–H groups in total. The third-order valence-corrected chi connectivity index (χ3v) is 10.6. The number of aryl methyl sites for hydroxylation is 3. The molecular formula is C40H54FN5O6S. The van der Waals surface area contributed by atoms with Gasteiger partial charge in [0.1, 0.15) is 12.1 Å². The molecule has 13 heteroatoms. The summed E-state index contributed by atoms with van der Waals surface area (Å²) in [6.07, 6.45) is 0.600. The fourth-order valence-electron chi connectivity index (χ4n) is 6.49. The zero-order valence-electron chi connectivity index (χ0n) is 31.8. The summed E-state index contributed by atoms with van der Waals surface area (Å²) in [5.41, 5.74) is 10.4. The van der Waals surface area contributed by atoms with E-state index in [1.165, 1.54) is 4.90 Å². The number of nitrogens with one attached hydrogen (secondary N) is 2. The summed E-state index contributed by atoms with van der Waals surface area (Å²) in [6.45, 7) is 13.3. The van der Waals surface area contributed by atoms with Crippen LogP contribution in [0.1, 0.15) is 95.1 Å². The van der Waals surface area contributed by atoms with Crippen LogP contribution >= 0.6 is 11.3 Å². The molecule has 4 amide bonds. The van der Waals surface area contributed by atoms with Crippen LogP contribution in [0.15, 0.2) is 41.9 Å². The molecule has 0 saturated carbocycles. The van der Waals surface area contributed by atoms with Crippen molar-refractivity contribution in [2.75, 3.05) is 13.2 Å². The average molecular weight is 752 g/mol. The summed E-state index contributed by atoms with van der Waals surface area (Å²) < 4.78 is 21.1. The predicted octanol–water partition coefficient (Wildman–Crippen LogP) is 5.54. The molecule has 2 heterocycles. The standard InChI is InChI=1S/C40H54FN5O6S/c1-23(11-16-33(42)48)21-52-32-18-24(2)17-29(35(32)41)9-8-10-34(49)45-37(40(5,6)7)39(51)46-20-30(47)19-31(46)38(50)44-25(3)27-12-14-28(15-13-27)36-26(4)43-22-53-36/h12-15,17-18,22-23,25,30-31,37,47H,8-11,16,19-21H2,1-7H3,(H2,42,48)(H,44,50)(H,45,49)/t23-,25-,30+,31-,37+/m0/s1. The average Bonchev–Trinajstić information content (AvgIpc) is 3.71. The van der Waals surface area contributed by atoms with Gasteiger partial charge in [-0.3, -0.25) is 19.2 Å². The number of benzene rings is 2. The van der Waals surface area contributed by atoms with Gasteiger partial charge in [0.05, 0.1) is 34.8 Å². The quantitative estimate of drug-likeness (QED) is 0.149. The van der Waals surface area contributed by atoms with Gasteiger partial charge in [-0.15, -0.1) is 11.3 Å². The topological polar surface area (TPSA) is 164 Å². The third-order valence-electron chi connectivity index (χ3n) is 9.58. The van der Waals surface area contributed by atoms with Crippen molar-refractivity contribution in [3.8, 4) is 16.2 Å². The van der Waals surface area contributed by atoms with Gasteiger partial charge in [-0.05, 0) is 79.7 Å². The van der Waals surface area contributed by atoms with E-state index in [4.69, 9.17) is 10.5 Å². The fraction of sp³-hybridized carbons (Fsp3) is 0.525. The Morgan fingerprint density at radius 3 is 2.42 bits per heavy atom. The number of ether oxygens (including phenoxy) is 1. The number of halogens is 1. The van der Waals surface area contributed by atoms with E-state index in [1.807, 2.05) is 78.2 Å². The van der Waals surface area contributed by atoms with Crippen LogP contribution in [0, 0.1) is 31.0 Å². The van der Waals surface area contributed by atoms with Crippen LogP contribution in [0.4, 0.5) is 4.39 Å². The van der Waals surface area contributed by atoms with Crippen molar-refractivity contribution in [2.24, 2.45) is 17.1 Å². The molecule has 11 nitrogen and oxygen atoms in total. The van der Waals surface area contributed by atoms with Crippen LogP contribution in [-0.2, 0) is 25.6 Å². The van der Waals surface area contributed by atoms with Crippen molar-refractivity contribution in [2.45, 2.75) is 111 Å². The Morgan fingerprint density at radius 1 is 1.09 bits per heavy atom. The maximum Gasteiger partial charge on any atom is 0.246 e. The predicted molar refractivity (Wildman–Crippen MR) is 204 cm³/mol. The van der Waals surface area contributed by atoms with Crippen LogP contribution in [0.2, 0.25) is 0 Å². The van der Waals surface area contributed by atoms with E-state index in [0.717, 1.165) is 27.3 Å². The Balaban J connectivity index is 1.35. The SMILES string of the molecule is Cc1cc(CCCC(=O)N[C@H](C(=O)N2C[C@H](O)C[C@H]2C(=O)N[C@@H](C)c2ccc(-c3scnc3C)cc2)C(C)(C)C)c(F)c(OC[C@@H](C)CCC(N)=O)c1. The molecule has 1 fully saturated rings. The maximum absolute atomic E-state index is 15.4. The number of amides is 4. The zero-order valence-corrected chi connectivity index (χ0v) is 32.6. The van der Waals surface area contributed by atoms with Gasteiger partial charge < -0.3 is 31.1 Å². The van der Waals surface area contributed by atoms with Crippen molar-refractivity contribution >= 4 is 35.0 Å². The number of nitrogens with zero attached hydrogens (tertiary/aromatic N) is 2. The van der Waals surface area contributed by atoms with Crippen molar-refractivity contribution in [3.05, 3.63) is 70.1 Å². The highest BCUT2D eigenvalue weighted by atomic mass is 32.1. The lowest BCUT2D eigenvalue weighted by atomic mass is 9.85. The van der Waals surface area contributed by atoms with Gasteiger partial charge in [0.2, 0.25) is 23.6 Å². The smallest absolute Gasteiger partial charge is 0.246 e. The number of carbonyl (C=O) groups is 4. The van der Waals surface area contributed by atoms with Crippen molar-refractivity contribution in [1.82, 2.24) is 20.5 Å². The number of aliphatic hydroxyl groups excluding tert-OH is 1. The Bertz CT molecular complexity index is 1760. The number of rotatable bonds is 16. The van der Waals surface area contributed by atoms with E-state index >= 15 is 4.39 Å². The highest BCUT2D eigenvalue weighted by Gasteiger charge is 2.44. The Hall–Kier alpha value is -4.36. The monoisotopic (exact) mass is 751 g/mol. The number of hydrogen-bond acceptors (Lipinski definition) is 8. The van der Waals surface area contributed by atoms with Crippen molar-refractivity contribution in [1.29, 1.82) is 0 Å². The largest absolute Gasteiger partial charge is 0.490 e. The first-order valence-electron chi connectivity index (χ1n) is 18.2. The lowest BCUT2D eigenvalue weighted by molar-refractivity contribution is -0.144. The van der Waals surface area contributed by atoms with E-state index in [1.54, 1.807) is 23.5 Å².